The topological polar surface area (TPSA) is 99.3 Å². The second-order valence-electron chi connectivity index (χ2n) is 7.28. The summed E-state index contributed by atoms with van der Waals surface area (Å²) in [6, 6.07) is 5.89. The molecule has 4 amide bonds. The third-order valence-electron chi connectivity index (χ3n) is 3.18. The standard InChI is InChI=1S/C18H28N4O3/c1-11(2)15(23)20-14-9-7-13(8-10-14)19-12(3)16(24)21-17(25)22-18(4,5)6/h7-12,19H,1-6H3,(H,20,23)(H2,21,22,24,25). The molecule has 0 aromatic heterocycles. The van der Waals surface area contributed by atoms with Crippen molar-refractivity contribution in [3.8, 4) is 0 Å². The van der Waals surface area contributed by atoms with Crippen molar-refractivity contribution >= 4 is 29.2 Å². The largest absolute Gasteiger partial charge is 0.374 e. The monoisotopic (exact) mass is 348 g/mol. The first-order chi connectivity index (χ1) is 11.5. The predicted molar refractivity (Wildman–Crippen MR) is 99.4 cm³/mol. The van der Waals surface area contributed by atoms with Gasteiger partial charge in [0.15, 0.2) is 0 Å². The molecule has 4 N–H and O–H groups in total. The van der Waals surface area contributed by atoms with E-state index in [0.29, 0.717) is 11.4 Å². The summed E-state index contributed by atoms with van der Waals surface area (Å²) in [4.78, 5) is 35.4. The fourth-order valence-corrected chi connectivity index (χ4v) is 1.84. The van der Waals surface area contributed by atoms with Crippen molar-refractivity contribution in [2.75, 3.05) is 10.6 Å². The smallest absolute Gasteiger partial charge is 0.321 e. The molecule has 7 heteroatoms. The van der Waals surface area contributed by atoms with Gasteiger partial charge < -0.3 is 16.0 Å². The highest BCUT2D eigenvalue weighted by Crippen LogP contribution is 2.15. The zero-order chi connectivity index (χ0) is 19.2. The van der Waals surface area contributed by atoms with Gasteiger partial charge in [-0.05, 0) is 52.0 Å². The molecule has 0 saturated heterocycles. The van der Waals surface area contributed by atoms with E-state index in [2.05, 4.69) is 21.3 Å². The number of nitrogens with one attached hydrogen (secondary N) is 4. The van der Waals surface area contributed by atoms with E-state index in [1.165, 1.54) is 0 Å². The molecule has 1 rings (SSSR count). The van der Waals surface area contributed by atoms with Gasteiger partial charge in [0.25, 0.3) is 0 Å². The summed E-state index contributed by atoms with van der Waals surface area (Å²) in [5.74, 6) is -0.585. The molecule has 0 fully saturated rings. The van der Waals surface area contributed by atoms with E-state index in [4.69, 9.17) is 0 Å². The minimum absolute atomic E-state index is 0.0571. The minimum Gasteiger partial charge on any atom is -0.374 e. The number of anilines is 2. The number of carbonyl (C=O) groups excluding carboxylic acids is 3. The van der Waals surface area contributed by atoms with Crippen LogP contribution in [0.5, 0.6) is 0 Å². The first-order valence-corrected chi connectivity index (χ1v) is 8.28. The Hall–Kier alpha value is -2.57. The van der Waals surface area contributed by atoms with Crippen LogP contribution < -0.4 is 21.3 Å². The van der Waals surface area contributed by atoms with Gasteiger partial charge in [0, 0.05) is 22.8 Å². The normalized spacial score (nSPS) is 12.3. The van der Waals surface area contributed by atoms with Gasteiger partial charge in [0.1, 0.15) is 6.04 Å². The molecule has 0 aliphatic heterocycles. The number of rotatable bonds is 5. The Kier molecular flexibility index (Phi) is 6.97. The van der Waals surface area contributed by atoms with Crippen molar-refractivity contribution in [3.63, 3.8) is 0 Å². The van der Waals surface area contributed by atoms with E-state index in [-0.39, 0.29) is 11.8 Å². The molecular formula is C18H28N4O3. The molecule has 0 spiro atoms. The quantitative estimate of drug-likeness (QED) is 0.657. The number of hydrogen-bond acceptors (Lipinski definition) is 4. The zero-order valence-corrected chi connectivity index (χ0v) is 15.7. The summed E-state index contributed by atoms with van der Waals surface area (Å²) in [6.45, 7) is 10.8. The van der Waals surface area contributed by atoms with Crippen LogP contribution in [0.2, 0.25) is 0 Å². The molecular weight excluding hydrogens is 320 g/mol. The lowest BCUT2D eigenvalue weighted by molar-refractivity contribution is -0.120. The number of imide groups is 1. The molecule has 0 aliphatic rings. The molecule has 1 aromatic carbocycles. The van der Waals surface area contributed by atoms with Crippen molar-refractivity contribution in [1.29, 1.82) is 0 Å². The number of carbonyl (C=O) groups is 3. The first-order valence-electron chi connectivity index (χ1n) is 8.28. The fraction of sp³-hybridized carbons (Fsp3) is 0.500. The van der Waals surface area contributed by atoms with Crippen LogP contribution in [0, 0.1) is 5.92 Å². The van der Waals surface area contributed by atoms with Crippen LogP contribution in [0.25, 0.3) is 0 Å². The fourth-order valence-electron chi connectivity index (χ4n) is 1.84. The highest BCUT2D eigenvalue weighted by atomic mass is 16.2. The Bertz CT molecular complexity index is 618. The average molecular weight is 348 g/mol. The van der Waals surface area contributed by atoms with Gasteiger partial charge >= 0.3 is 6.03 Å². The highest BCUT2D eigenvalue weighted by molar-refractivity contribution is 5.98. The van der Waals surface area contributed by atoms with E-state index in [9.17, 15) is 14.4 Å². The van der Waals surface area contributed by atoms with E-state index in [1.54, 1.807) is 31.2 Å². The summed E-state index contributed by atoms with van der Waals surface area (Å²) in [6.07, 6.45) is 0. The van der Waals surface area contributed by atoms with Crippen LogP contribution in [0.3, 0.4) is 0 Å². The van der Waals surface area contributed by atoms with E-state index in [1.807, 2.05) is 34.6 Å². The van der Waals surface area contributed by atoms with Crippen LogP contribution in [0.4, 0.5) is 16.2 Å². The molecule has 25 heavy (non-hydrogen) atoms. The molecule has 0 saturated carbocycles. The van der Waals surface area contributed by atoms with Gasteiger partial charge in [0.2, 0.25) is 11.8 Å². The highest BCUT2D eigenvalue weighted by Gasteiger charge is 2.19. The summed E-state index contributed by atoms with van der Waals surface area (Å²) in [5, 5.41) is 10.8. The van der Waals surface area contributed by atoms with E-state index in [0.717, 1.165) is 0 Å². The van der Waals surface area contributed by atoms with Crippen molar-refractivity contribution < 1.29 is 14.4 Å². The van der Waals surface area contributed by atoms with Gasteiger partial charge in [-0.15, -0.1) is 0 Å². The maximum absolute atomic E-state index is 12.0. The van der Waals surface area contributed by atoms with E-state index < -0.39 is 23.5 Å². The first kappa shape index (κ1) is 20.5. The molecule has 1 aromatic rings. The van der Waals surface area contributed by atoms with Crippen molar-refractivity contribution in [2.24, 2.45) is 5.92 Å². The van der Waals surface area contributed by atoms with Gasteiger partial charge in [-0.25, -0.2) is 4.79 Å². The second kappa shape index (κ2) is 8.50. The van der Waals surface area contributed by atoms with Crippen molar-refractivity contribution in [2.45, 2.75) is 53.1 Å². The summed E-state index contributed by atoms with van der Waals surface area (Å²) >= 11 is 0. The van der Waals surface area contributed by atoms with Gasteiger partial charge in [0.05, 0.1) is 0 Å². The third-order valence-corrected chi connectivity index (χ3v) is 3.18. The summed E-state index contributed by atoms with van der Waals surface area (Å²) < 4.78 is 0. The van der Waals surface area contributed by atoms with Crippen LogP contribution in [-0.2, 0) is 9.59 Å². The van der Waals surface area contributed by atoms with E-state index >= 15 is 0 Å². The van der Waals surface area contributed by atoms with Crippen molar-refractivity contribution in [1.82, 2.24) is 10.6 Å². The van der Waals surface area contributed by atoms with Gasteiger partial charge in [-0.3, -0.25) is 14.9 Å². The van der Waals surface area contributed by atoms with Crippen LogP contribution in [0.15, 0.2) is 24.3 Å². The molecule has 7 nitrogen and oxygen atoms in total. The maximum atomic E-state index is 12.0. The Morgan fingerprint density at radius 2 is 1.40 bits per heavy atom. The average Bonchev–Trinajstić information content (AvgIpc) is 2.46. The Morgan fingerprint density at radius 3 is 1.88 bits per heavy atom. The summed E-state index contributed by atoms with van der Waals surface area (Å²) in [5.41, 5.74) is 0.976. The lowest BCUT2D eigenvalue weighted by atomic mass is 10.1. The number of hydrogen-bond donors (Lipinski definition) is 4. The lowest BCUT2D eigenvalue weighted by Crippen LogP contribution is -2.51. The predicted octanol–water partition coefficient (Wildman–Crippen LogP) is 2.71. The molecule has 1 atom stereocenters. The minimum atomic E-state index is -0.596. The van der Waals surface area contributed by atoms with Crippen LogP contribution in [0.1, 0.15) is 41.5 Å². The summed E-state index contributed by atoms with van der Waals surface area (Å²) in [7, 11) is 0. The molecule has 0 bridgehead atoms. The third kappa shape index (κ3) is 7.69. The number of benzene rings is 1. The van der Waals surface area contributed by atoms with Crippen molar-refractivity contribution in [3.05, 3.63) is 24.3 Å². The second-order valence-corrected chi connectivity index (χ2v) is 7.28. The Labute approximate surface area is 148 Å². The zero-order valence-electron chi connectivity index (χ0n) is 15.7. The van der Waals surface area contributed by atoms with Crippen LogP contribution in [-0.4, -0.2) is 29.4 Å². The molecule has 0 heterocycles. The number of amides is 4. The Balaban J connectivity index is 2.56. The number of urea groups is 1. The molecule has 1 unspecified atom stereocenters. The maximum Gasteiger partial charge on any atom is 0.321 e. The Morgan fingerprint density at radius 1 is 0.880 bits per heavy atom. The molecule has 0 radical (unpaired) electrons. The lowest BCUT2D eigenvalue weighted by Gasteiger charge is -2.21. The molecule has 0 aliphatic carbocycles. The SMILES string of the molecule is CC(C)C(=O)Nc1ccc(NC(C)C(=O)NC(=O)NC(C)(C)C)cc1. The van der Waals surface area contributed by atoms with Gasteiger partial charge in [-0.2, -0.15) is 0 Å². The van der Waals surface area contributed by atoms with Crippen LogP contribution >= 0.6 is 0 Å². The molecule has 138 valence electrons. The van der Waals surface area contributed by atoms with Gasteiger partial charge in [-0.1, -0.05) is 13.8 Å².